The van der Waals surface area contributed by atoms with E-state index in [-0.39, 0.29) is 11.3 Å². The van der Waals surface area contributed by atoms with Gasteiger partial charge in [0, 0.05) is 42.2 Å². The Morgan fingerprint density at radius 2 is 2.03 bits per heavy atom. The third-order valence-corrected chi connectivity index (χ3v) is 6.17. The SMILES string of the molecule is Cc1n[nH]c2nc(-c3ccc(O)cc3F)cc(C(C=O)N3C4CCC3CNC4)c12. The number of aromatic nitrogens is 3. The number of carbonyl (C=O) groups is 1. The number of hydrogen-bond donors (Lipinski definition) is 3. The van der Waals surface area contributed by atoms with Crippen LogP contribution in [0.15, 0.2) is 24.3 Å². The number of aldehydes is 1. The number of benzene rings is 1. The van der Waals surface area contributed by atoms with Gasteiger partial charge in [-0.1, -0.05) is 0 Å². The van der Waals surface area contributed by atoms with Crippen molar-refractivity contribution >= 4 is 17.3 Å². The van der Waals surface area contributed by atoms with Crippen LogP contribution in [-0.2, 0) is 4.79 Å². The van der Waals surface area contributed by atoms with Gasteiger partial charge in [0.2, 0.25) is 0 Å². The molecule has 3 unspecified atom stereocenters. The molecule has 2 aromatic heterocycles. The van der Waals surface area contributed by atoms with Crippen LogP contribution >= 0.6 is 0 Å². The molecular weight excluding hydrogens is 373 g/mol. The number of phenols is 1. The second-order valence-electron chi connectivity index (χ2n) is 7.86. The Morgan fingerprint density at radius 3 is 2.72 bits per heavy atom. The number of aromatic amines is 1. The lowest BCUT2D eigenvalue weighted by Crippen LogP contribution is -2.53. The van der Waals surface area contributed by atoms with Gasteiger partial charge in [0.1, 0.15) is 17.9 Å². The predicted molar refractivity (Wildman–Crippen MR) is 106 cm³/mol. The zero-order chi connectivity index (χ0) is 20.1. The Morgan fingerprint density at radius 1 is 1.28 bits per heavy atom. The average molecular weight is 395 g/mol. The Balaban J connectivity index is 1.69. The molecule has 3 N–H and O–H groups in total. The number of nitrogens with one attached hydrogen (secondary N) is 2. The van der Waals surface area contributed by atoms with Crippen LogP contribution in [0.5, 0.6) is 5.75 Å². The van der Waals surface area contributed by atoms with E-state index in [1.54, 1.807) is 6.07 Å². The van der Waals surface area contributed by atoms with Gasteiger partial charge in [-0.05, 0) is 43.5 Å². The first-order valence-corrected chi connectivity index (χ1v) is 9.84. The number of H-pyrrole nitrogens is 1. The van der Waals surface area contributed by atoms with Gasteiger partial charge >= 0.3 is 0 Å². The van der Waals surface area contributed by atoms with Crippen LogP contribution in [0.1, 0.15) is 30.1 Å². The van der Waals surface area contributed by atoms with Gasteiger partial charge < -0.3 is 15.2 Å². The summed E-state index contributed by atoms with van der Waals surface area (Å²) in [6.45, 7) is 3.59. The van der Waals surface area contributed by atoms with Gasteiger partial charge in [-0.15, -0.1) is 0 Å². The Kier molecular flexibility index (Phi) is 4.33. The molecule has 150 valence electrons. The van der Waals surface area contributed by atoms with E-state index in [2.05, 4.69) is 25.4 Å². The van der Waals surface area contributed by atoms with E-state index < -0.39 is 11.9 Å². The number of hydrogen-bond acceptors (Lipinski definition) is 6. The Bertz CT molecular complexity index is 1080. The number of phenolic OH excluding ortho intramolecular Hbond substituents is 1. The molecule has 2 aliphatic rings. The molecule has 0 spiro atoms. The quantitative estimate of drug-likeness (QED) is 0.588. The minimum atomic E-state index is -0.566. The van der Waals surface area contributed by atoms with Crippen LogP contribution in [0.3, 0.4) is 0 Å². The van der Waals surface area contributed by atoms with E-state index in [1.165, 1.54) is 12.1 Å². The van der Waals surface area contributed by atoms with E-state index in [0.29, 0.717) is 23.4 Å². The van der Waals surface area contributed by atoms with Gasteiger partial charge in [-0.3, -0.25) is 10.00 Å². The second-order valence-corrected chi connectivity index (χ2v) is 7.86. The van der Waals surface area contributed by atoms with E-state index in [9.17, 15) is 14.3 Å². The highest BCUT2D eigenvalue weighted by atomic mass is 19.1. The first-order chi connectivity index (χ1) is 14.1. The summed E-state index contributed by atoms with van der Waals surface area (Å²) in [5.41, 5.74) is 2.75. The predicted octanol–water partition coefficient (Wildman–Crippen LogP) is 2.45. The lowest BCUT2D eigenvalue weighted by Gasteiger charge is -2.39. The maximum atomic E-state index is 14.5. The van der Waals surface area contributed by atoms with Gasteiger partial charge in [-0.2, -0.15) is 5.10 Å². The smallest absolute Gasteiger partial charge is 0.156 e. The number of fused-ring (bicyclic) bond motifs is 3. The Labute approximate surface area is 166 Å². The van der Waals surface area contributed by atoms with Gasteiger partial charge in [0.15, 0.2) is 5.65 Å². The molecule has 3 aromatic rings. The van der Waals surface area contributed by atoms with Crippen molar-refractivity contribution in [1.29, 1.82) is 0 Å². The van der Waals surface area contributed by atoms with Gasteiger partial charge in [-0.25, -0.2) is 9.37 Å². The molecule has 5 rings (SSSR count). The summed E-state index contributed by atoms with van der Waals surface area (Å²) in [6.07, 6.45) is 3.09. The molecule has 2 bridgehead atoms. The first-order valence-electron chi connectivity index (χ1n) is 9.84. The van der Waals surface area contributed by atoms with E-state index in [1.807, 2.05) is 6.92 Å². The maximum Gasteiger partial charge on any atom is 0.156 e. The van der Waals surface area contributed by atoms with Crippen LogP contribution in [0, 0.1) is 12.7 Å². The lowest BCUT2D eigenvalue weighted by molar-refractivity contribution is -0.114. The lowest BCUT2D eigenvalue weighted by atomic mass is 9.97. The van der Waals surface area contributed by atoms with Crippen LogP contribution in [0.25, 0.3) is 22.3 Å². The summed E-state index contributed by atoms with van der Waals surface area (Å²) >= 11 is 0. The highest BCUT2D eigenvalue weighted by Gasteiger charge is 2.41. The number of aromatic hydroxyl groups is 1. The number of halogens is 1. The topological polar surface area (TPSA) is 94.1 Å². The normalized spacial score (nSPS) is 22.8. The van der Waals surface area contributed by atoms with Crippen LogP contribution in [0.2, 0.25) is 0 Å². The maximum absolute atomic E-state index is 14.5. The molecule has 0 amide bonds. The molecule has 4 heterocycles. The fourth-order valence-corrected chi connectivity index (χ4v) is 4.87. The summed E-state index contributed by atoms with van der Waals surface area (Å²) in [5.74, 6) is -0.711. The third-order valence-electron chi connectivity index (χ3n) is 6.17. The second kappa shape index (κ2) is 6.89. The van der Waals surface area contributed by atoms with Crippen molar-refractivity contribution in [3.63, 3.8) is 0 Å². The third kappa shape index (κ3) is 2.90. The molecule has 0 radical (unpaired) electrons. The molecule has 7 nitrogen and oxygen atoms in total. The van der Waals surface area contributed by atoms with Crippen molar-refractivity contribution in [2.75, 3.05) is 13.1 Å². The van der Waals surface area contributed by atoms with Crippen LogP contribution in [-0.4, -0.2) is 56.6 Å². The molecule has 8 heteroatoms. The summed E-state index contributed by atoms with van der Waals surface area (Å²) in [7, 11) is 0. The number of nitrogens with zero attached hydrogens (tertiary/aromatic N) is 3. The van der Waals surface area contributed by atoms with Crippen molar-refractivity contribution in [3.8, 4) is 17.0 Å². The number of aryl methyl sites for hydroxylation is 1. The molecule has 1 aromatic carbocycles. The van der Waals surface area contributed by atoms with Gasteiger partial charge in [0.25, 0.3) is 0 Å². The molecule has 2 aliphatic heterocycles. The summed E-state index contributed by atoms with van der Waals surface area (Å²) in [5, 5.41) is 21.0. The molecular formula is C21H22FN5O2. The number of piperazine rings is 1. The molecule has 3 atom stereocenters. The molecule has 29 heavy (non-hydrogen) atoms. The summed E-state index contributed by atoms with van der Waals surface area (Å²) in [4.78, 5) is 19.2. The largest absolute Gasteiger partial charge is 0.508 e. The van der Waals surface area contributed by atoms with E-state index in [4.69, 9.17) is 0 Å². The van der Waals surface area contributed by atoms with E-state index >= 15 is 0 Å². The average Bonchev–Trinajstić information content (AvgIpc) is 3.18. The van der Waals surface area contributed by atoms with Crippen molar-refractivity contribution in [2.45, 2.75) is 37.9 Å². The van der Waals surface area contributed by atoms with Crippen molar-refractivity contribution < 1.29 is 14.3 Å². The minimum absolute atomic E-state index is 0.145. The highest BCUT2D eigenvalue weighted by molar-refractivity contribution is 5.88. The first kappa shape index (κ1) is 18.2. The number of carbonyl (C=O) groups excluding carboxylic acids is 1. The number of rotatable bonds is 4. The molecule has 0 aliphatic carbocycles. The zero-order valence-corrected chi connectivity index (χ0v) is 16.0. The van der Waals surface area contributed by atoms with E-state index in [0.717, 1.165) is 54.9 Å². The summed E-state index contributed by atoms with van der Waals surface area (Å²) in [6, 6.07) is 5.93. The van der Waals surface area contributed by atoms with Crippen molar-refractivity contribution in [3.05, 3.63) is 41.3 Å². The molecule has 2 fully saturated rings. The zero-order valence-electron chi connectivity index (χ0n) is 16.0. The highest BCUT2D eigenvalue weighted by Crippen LogP contribution is 2.39. The standard InChI is InChI=1S/C21H22FN5O2/c1-11-20-16(19(10-28)27-12-2-3-13(27)9-23-8-12)7-18(24-21(20)26-25-11)15-5-4-14(29)6-17(15)22/h4-7,10,12-13,19,23,29H,2-3,8-9H2,1H3,(H,24,25,26). The van der Waals surface area contributed by atoms with Crippen LogP contribution < -0.4 is 5.32 Å². The van der Waals surface area contributed by atoms with Crippen molar-refractivity contribution in [2.24, 2.45) is 0 Å². The van der Waals surface area contributed by atoms with Gasteiger partial charge in [0.05, 0.1) is 17.4 Å². The number of pyridine rings is 1. The minimum Gasteiger partial charge on any atom is -0.508 e. The Hall–Kier alpha value is -2.84. The van der Waals surface area contributed by atoms with Crippen molar-refractivity contribution in [1.82, 2.24) is 25.4 Å². The fourth-order valence-electron chi connectivity index (χ4n) is 4.87. The monoisotopic (exact) mass is 395 g/mol. The summed E-state index contributed by atoms with van der Waals surface area (Å²) < 4.78 is 14.5. The van der Waals surface area contributed by atoms with Crippen LogP contribution in [0.4, 0.5) is 4.39 Å². The molecule has 0 saturated carbocycles. The fraction of sp³-hybridized carbons (Fsp3) is 0.381. The molecule has 2 saturated heterocycles.